The maximum absolute atomic E-state index is 5.77. The summed E-state index contributed by atoms with van der Waals surface area (Å²) in [5, 5.41) is 0. The maximum Gasteiger partial charge on any atom is 0.0716 e. The molecule has 0 N–H and O–H groups in total. The molecule has 1 heteroatoms. The van der Waals surface area contributed by atoms with Crippen LogP contribution in [0.4, 0.5) is 0 Å². The fourth-order valence-electron chi connectivity index (χ4n) is 4.98. The van der Waals surface area contributed by atoms with E-state index in [1.807, 2.05) is 0 Å². The Morgan fingerprint density at radius 1 is 0.472 bits per heavy atom. The van der Waals surface area contributed by atoms with Gasteiger partial charge in [0.1, 0.15) is 0 Å². The van der Waals surface area contributed by atoms with Crippen LogP contribution < -0.4 is 0 Å². The predicted octanol–water partition coefficient (Wildman–Crippen LogP) is 12.1. The number of allylic oxidation sites excluding steroid dienone is 2. The summed E-state index contributed by atoms with van der Waals surface area (Å²) in [4.78, 5) is 0. The van der Waals surface area contributed by atoms with Gasteiger partial charge in [-0.2, -0.15) is 0 Å². The molecule has 0 fully saturated rings. The van der Waals surface area contributed by atoms with Gasteiger partial charge in [0.15, 0.2) is 0 Å². The maximum atomic E-state index is 5.77. The van der Waals surface area contributed by atoms with Crippen LogP contribution in [0.5, 0.6) is 0 Å². The lowest BCUT2D eigenvalue weighted by Crippen LogP contribution is -1.95. The molecule has 0 amide bonds. The third kappa shape index (κ3) is 24.6. The van der Waals surface area contributed by atoms with E-state index in [4.69, 9.17) is 4.74 Å². The lowest BCUT2D eigenvalue weighted by atomic mass is 10.0. The van der Waals surface area contributed by atoms with Crippen LogP contribution in [0.3, 0.4) is 0 Å². The number of rotatable bonds is 28. The van der Waals surface area contributed by atoms with Gasteiger partial charge in [0.05, 0.1) is 6.61 Å². The predicted molar refractivity (Wildman–Crippen MR) is 162 cm³/mol. The number of unbranched alkanes of at least 4 members (excludes halogenated alkanes) is 22. The molecule has 0 aliphatic rings. The molecule has 0 heterocycles. The second-order valence-electron chi connectivity index (χ2n) is 11.0. The Balaban J connectivity index is 1.67. The minimum absolute atomic E-state index is 0.758. The molecular formula is C35H62O. The topological polar surface area (TPSA) is 9.23 Å². The molecular weight excluding hydrogens is 436 g/mol. The molecule has 0 spiro atoms. The number of benzene rings is 1. The van der Waals surface area contributed by atoms with Gasteiger partial charge in [-0.1, -0.05) is 171 Å². The van der Waals surface area contributed by atoms with Crippen molar-refractivity contribution in [1.29, 1.82) is 0 Å². The SMILES string of the molecule is CCCCCCCCCCCCCCCCC/C=C/CCCCCCCCCOCc1ccccc1. The smallest absolute Gasteiger partial charge is 0.0716 e. The van der Waals surface area contributed by atoms with E-state index in [0.29, 0.717) is 0 Å². The van der Waals surface area contributed by atoms with Gasteiger partial charge in [-0.15, -0.1) is 0 Å². The van der Waals surface area contributed by atoms with Gasteiger partial charge in [0.25, 0.3) is 0 Å². The molecule has 0 saturated carbocycles. The van der Waals surface area contributed by atoms with Gasteiger partial charge in [0.2, 0.25) is 0 Å². The summed E-state index contributed by atoms with van der Waals surface area (Å²) in [6, 6.07) is 10.5. The summed E-state index contributed by atoms with van der Waals surface area (Å²) in [5.74, 6) is 0. The number of ether oxygens (including phenoxy) is 1. The van der Waals surface area contributed by atoms with Crippen molar-refractivity contribution in [3.05, 3.63) is 48.0 Å². The van der Waals surface area contributed by atoms with Crippen LogP contribution in [0, 0.1) is 0 Å². The van der Waals surface area contributed by atoms with E-state index in [1.165, 1.54) is 160 Å². The van der Waals surface area contributed by atoms with Gasteiger partial charge >= 0.3 is 0 Å². The largest absolute Gasteiger partial charge is 0.377 e. The lowest BCUT2D eigenvalue weighted by molar-refractivity contribution is 0.116. The van der Waals surface area contributed by atoms with Crippen molar-refractivity contribution in [3.63, 3.8) is 0 Å². The van der Waals surface area contributed by atoms with E-state index in [1.54, 1.807) is 0 Å². The zero-order chi connectivity index (χ0) is 25.6. The van der Waals surface area contributed by atoms with E-state index >= 15 is 0 Å². The highest BCUT2D eigenvalue weighted by molar-refractivity contribution is 5.13. The molecule has 0 bridgehead atoms. The quantitative estimate of drug-likeness (QED) is 0.0824. The van der Waals surface area contributed by atoms with Crippen LogP contribution in [-0.2, 0) is 11.3 Å². The van der Waals surface area contributed by atoms with Crippen LogP contribution in [0.1, 0.15) is 167 Å². The second-order valence-corrected chi connectivity index (χ2v) is 11.0. The number of hydrogen-bond donors (Lipinski definition) is 0. The third-order valence-corrected chi connectivity index (χ3v) is 7.41. The Morgan fingerprint density at radius 2 is 0.861 bits per heavy atom. The van der Waals surface area contributed by atoms with Gasteiger partial charge in [-0.3, -0.25) is 0 Å². The first-order valence-corrected chi connectivity index (χ1v) is 16.2. The first-order valence-electron chi connectivity index (χ1n) is 16.2. The van der Waals surface area contributed by atoms with Crippen LogP contribution in [0.15, 0.2) is 42.5 Å². The van der Waals surface area contributed by atoms with E-state index in [2.05, 4.69) is 49.4 Å². The minimum Gasteiger partial charge on any atom is -0.377 e. The summed E-state index contributed by atoms with van der Waals surface area (Å²) < 4.78 is 5.77. The lowest BCUT2D eigenvalue weighted by Gasteiger charge is -2.04. The average Bonchev–Trinajstić information content (AvgIpc) is 2.91. The van der Waals surface area contributed by atoms with Crippen LogP contribution in [0.25, 0.3) is 0 Å². The Labute approximate surface area is 226 Å². The van der Waals surface area contributed by atoms with E-state index in [0.717, 1.165) is 13.2 Å². The zero-order valence-corrected chi connectivity index (χ0v) is 24.3. The molecule has 0 unspecified atom stereocenters. The molecule has 0 radical (unpaired) electrons. The fourth-order valence-corrected chi connectivity index (χ4v) is 4.98. The van der Waals surface area contributed by atoms with Gasteiger partial charge in [-0.25, -0.2) is 0 Å². The normalized spacial score (nSPS) is 11.6. The zero-order valence-electron chi connectivity index (χ0n) is 24.3. The average molecular weight is 499 g/mol. The second kappa shape index (κ2) is 28.5. The van der Waals surface area contributed by atoms with Crippen LogP contribution in [-0.4, -0.2) is 6.61 Å². The minimum atomic E-state index is 0.758. The van der Waals surface area contributed by atoms with Crippen molar-refractivity contribution >= 4 is 0 Å². The van der Waals surface area contributed by atoms with Gasteiger partial charge < -0.3 is 4.74 Å². The number of hydrogen-bond acceptors (Lipinski definition) is 1. The van der Waals surface area contributed by atoms with E-state index in [-0.39, 0.29) is 0 Å². The summed E-state index contributed by atoms with van der Waals surface area (Å²) in [7, 11) is 0. The van der Waals surface area contributed by atoms with Crippen LogP contribution >= 0.6 is 0 Å². The van der Waals surface area contributed by atoms with Crippen molar-refractivity contribution in [2.45, 2.75) is 168 Å². The summed E-state index contributed by atoms with van der Waals surface area (Å²) >= 11 is 0. The monoisotopic (exact) mass is 498 g/mol. The van der Waals surface area contributed by atoms with Crippen molar-refractivity contribution < 1.29 is 4.74 Å². The Hall–Kier alpha value is -1.08. The Kier molecular flexibility index (Phi) is 26.1. The van der Waals surface area contributed by atoms with Crippen LogP contribution in [0.2, 0.25) is 0 Å². The van der Waals surface area contributed by atoms with Crippen molar-refractivity contribution in [3.8, 4) is 0 Å². The highest BCUT2D eigenvalue weighted by atomic mass is 16.5. The molecule has 0 aromatic heterocycles. The molecule has 1 rings (SSSR count). The molecule has 1 aromatic rings. The third-order valence-electron chi connectivity index (χ3n) is 7.41. The van der Waals surface area contributed by atoms with Crippen molar-refractivity contribution in [2.24, 2.45) is 0 Å². The van der Waals surface area contributed by atoms with Crippen molar-refractivity contribution in [2.75, 3.05) is 6.61 Å². The Morgan fingerprint density at radius 3 is 1.31 bits per heavy atom. The van der Waals surface area contributed by atoms with E-state index in [9.17, 15) is 0 Å². The molecule has 0 atom stereocenters. The van der Waals surface area contributed by atoms with Gasteiger partial charge in [-0.05, 0) is 37.7 Å². The molecule has 0 saturated heterocycles. The molecule has 36 heavy (non-hydrogen) atoms. The standard InChI is InChI=1S/C35H62O/c1-2-3-4-5-6-7-8-9-10-11-12-13-14-15-16-17-18-19-20-21-22-23-24-25-26-30-33-36-34-35-31-28-27-29-32-35/h18-19,27-29,31-32H,2-17,20-26,30,33-34H2,1H3/b19-18+. The highest BCUT2D eigenvalue weighted by Gasteiger charge is 1.96. The molecule has 0 aliphatic heterocycles. The first kappa shape index (κ1) is 32.9. The van der Waals surface area contributed by atoms with Gasteiger partial charge in [0, 0.05) is 6.61 Å². The first-order chi connectivity index (χ1) is 17.9. The van der Waals surface area contributed by atoms with E-state index < -0.39 is 0 Å². The summed E-state index contributed by atoms with van der Waals surface area (Å²) in [6.07, 6.45) is 38.7. The molecule has 1 nitrogen and oxygen atoms in total. The molecule has 0 aliphatic carbocycles. The summed E-state index contributed by atoms with van der Waals surface area (Å²) in [6.45, 7) is 3.96. The molecule has 1 aromatic carbocycles. The molecule has 208 valence electrons. The van der Waals surface area contributed by atoms with Crippen molar-refractivity contribution in [1.82, 2.24) is 0 Å². The Bertz CT molecular complexity index is 549. The fraction of sp³-hybridized carbons (Fsp3) is 0.771. The highest BCUT2D eigenvalue weighted by Crippen LogP contribution is 2.14. The summed E-state index contributed by atoms with van der Waals surface area (Å²) in [5.41, 5.74) is 1.28.